The number of carbonyl (C=O) groups is 1. The summed E-state index contributed by atoms with van der Waals surface area (Å²) in [5.74, 6) is 1.93. The summed E-state index contributed by atoms with van der Waals surface area (Å²) < 4.78 is 10.5. The highest BCUT2D eigenvalue weighted by Gasteiger charge is 2.37. The number of nitrogens with zero attached hydrogens (tertiary/aromatic N) is 4. The van der Waals surface area contributed by atoms with Crippen LogP contribution in [0.2, 0.25) is 5.02 Å². The summed E-state index contributed by atoms with van der Waals surface area (Å²) in [6, 6.07) is 5.67. The minimum absolute atomic E-state index is 0.0267. The number of aromatic nitrogens is 2. The van der Waals surface area contributed by atoms with Crippen molar-refractivity contribution in [2.24, 2.45) is 4.99 Å². The molecule has 1 atom stereocenters. The van der Waals surface area contributed by atoms with Gasteiger partial charge in [-0.15, -0.1) is 0 Å². The highest BCUT2D eigenvalue weighted by Crippen LogP contribution is 2.35. The Bertz CT molecular complexity index is 1280. The van der Waals surface area contributed by atoms with E-state index in [2.05, 4.69) is 27.4 Å². The maximum Gasteiger partial charge on any atom is 0.260 e. The lowest BCUT2D eigenvalue weighted by Crippen LogP contribution is -2.49. The Labute approximate surface area is 221 Å². The number of aliphatic imine (C=N–C) groups is 1. The summed E-state index contributed by atoms with van der Waals surface area (Å²) >= 11 is 6.72. The smallest absolute Gasteiger partial charge is 0.260 e. The van der Waals surface area contributed by atoms with Crippen LogP contribution in [0.15, 0.2) is 57.8 Å². The molecule has 5 rings (SSSR count). The number of hydrogen-bond acceptors (Lipinski definition) is 8. The predicted molar refractivity (Wildman–Crippen MR) is 143 cm³/mol. The second-order valence-corrected chi connectivity index (χ2v) is 9.78. The van der Waals surface area contributed by atoms with Gasteiger partial charge >= 0.3 is 0 Å². The summed E-state index contributed by atoms with van der Waals surface area (Å²) in [6.45, 7) is 10.8. The van der Waals surface area contributed by atoms with Gasteiger partial charge < -0.3 is 19.9 Å². The zero-order chi connectivity index (χ0) is 25.9. The Kier molecular flexibility index (Phi) is 7.55. The first-order valence-corrected chi connectivity index (χ1v) is 13.0. The summed E-state index contributed by atoms with van der Waals surface area (Å²) in [7, 11) is 0. The van der Waals surface area contributed by atoms with Gasteiger partial charge in [0, 0.05) is 60.0 Å². The molecule has 0 saturated carbocycles. The molecule has 2 saturated heterocycles. The van der Waals surface area contributed by atoms with Crippen molar-refractivity contribution in [1.29, 1.82) is 0 Å². The quantitative estimate of drug-likeness (QED) is 0.593. The number of benzene rings is 1. The van der Waals surface area contributed by atoms with Gasteiger partial charge in [0.1, 0.15) is 11.7 Å². The van der Waals surface area contributed by atoms with Gasteiger partial charge in [0.05, 0.1) is 6.04 Å². The first kappa shape index (κ1) is 25.4. The van der Waals surface area contributed by atoms with Crippen LogP contribution in [0.3, 0.4) is 0 Å². The van der Waals surface area contributed by atoms with Crippen molar-refractivity contribution < 1.29 is 14.1 Å². The Hall–Kier alpha value is -3.27. The van der Waals surface area contributed by atoms with Gasteiger partial charge in [-0.25, -0.2) is 4.99 Å². The van der Waals surface area contributed by atoms with Crippen molar-refractivity contribution in [2.75, 3.05) is 26.3 Å². The molecule has 37 heavy (non-hydrogen) atoms. The summed E-state index contributed by atoms with van der Waals surface area (Å²) in [6.07, 6.45) is 6.46. The second kappa shape index (κ2) is 11.0. The third kappa shape index (κ3) is 5.39. The molecule has 1 aromatic carbocycles. The van der Waals surface area contributed by atoms with E-state index in [9.17, 15) is 4.79 Å². The van der Waals surface area contributed by atoms with E-state index in [0.717, 1.165) is 50.2 Å². The molecule has 0 spiro atoms. The number of allylic oxidation sites excluding steroid dienone is 1. The minimum Gasteiger partial charge on any atom is -0.381 e. The molecule has 9 nitrogen and oxygen atoms in total. The van der Waals surface area contributed by atoms with Gasteiger partial charge in [-0.05, 0) is 44.9 Å². The van der Waals surface area contributed by atoms with Crippen LogP contribution in [0.25, 0.3) is 17.0 Å². The van der Waals surface area contributed by atoms with Crippen LogP contribution in [-0.4, -0.2) is 65.2 Å². The number of carbonyl (C=O) groups excluding carboxylic acids is 1. The normalized spacial score (nSPS) is 23.1. The molecule has 4 heterocycles. The molecule has 3 aliphatic rings. The van der Waals surface area contributed by atoms with Gasteiger partial charge in [-0.1, -0.05) is 41.5 Å². The molecule has 10 heteroatoms. The zero-order valence-electron chi connectivity index (χ0n) is 21.1. The lowest BCUT2D eigenvalue weighted by molar-refractivity contribution is -0.122. The molecule has 2 N–H and O–H groups in total. The largest absolute Gasteiger partial charge is 0.381 e. The fourth-order valence-electron chi connectivity index (χ4n) is 4.90. The van der Waals surface area contributed by atoms with Gasteiger partial charge in [-0.2, -0.15) is 4.98 Å². The van der Waals surface area contributed by atoms with E-state index in [-0.39, 0.29) is 18.0 Å². The number of rotatable bonds is 6. The van der Waals surface area contributed by atoms with Crippen molar-refractivity contribution >= 4 is 28.9 Å². The number of aryl methyl sites for hydroxylation is 1. The molecular formula is C27H31ClN6O3. The molecule has 3 aliphatic heterocycles. The molecule has 0 radical (unpaired) electrons. The number of amidine groups is 1. The van der Waals surface area contributed by atoms with Crippen LogP contribution in [0, 0.1) is 6.92 Å². The molecule has 1 amide bonds. The lowest BCUT2D eigenvalue weighted by Gasteiger charge is -2.35. The Morgan fingerprint density at radius 2 is 2.14 bits per heavy atom. The lowest BCUT2D eigenvalue weighted by atomic mass is 9.94. The molecule has 2 aromatic rings. The van der Waals surface area contributed by atoms with E-state index >= 15 is 0 Å². The monoisotopic (exact) mass is 522 g/mol. The molecule has 0 bridgehead atoms. The van der Waals surface area contributed by atoms with E-state index in [1.165, 1.54) is 0 Å². The van der Waals surface area contributed by atoms with Crippen molar-refractivity contribution in [3.05, 3.63) is 64.8 Å². The van der Waals surface area contributed by atoms with Crippen LogP contribution in [0.4, 0.5) is 0 Å². The van der Waals surface area contributed by atoms with Crippen LogP contribution in [-0.2, 0) is 9.53 Å². The van der Waals surface area contributed by atoms with Gasteiger partial charge in [0.25, 0.3) is 5.91 Å². The number of hydrogen-bond donors (Lipinski definition) is 2. The van der Waals surface area contributed by atoms with Crippen LogP contribution >= 0.6 is 11.6 Å². The zero-order valence-corrected chi connectivity index (χ0v) is 21.8. The summed E-state index contributed by atoms with van der Waals surface area (Å²) in [4.78, 5) is 24.9. The molecular weight excluding hydrogens is 492 g/mol. The van der Waals surface area contributed by atoms with Crippen molar-refractivity contribution in [1.82, 2.24) is 25.7 Å². The van der Waals surface area contributed by atoms with Crippen LogP contribution in [0.1, 0.15) is 37.6 Å². The third-order valence-corrected chi connectivity index (χ3v) is 7.14. The fourth-order valence-corrected chi connectivity index (χ4v) is 5.18. The summed E-state index contributed by atoms with van der Waals surface area (Å²) in [5.41, 5.74) is 2.72. The molecule has 194 valence electrons. The van der Waals surface area contributed by atoms with Crippen molar-refractivity contribution in [3.63, 3.8) is 0 Å². The second-order valence-electron chi connectivity index (χ2n) is 9.37. The number of amides is 1. The van der Waals surface area contributed by atoms with E-state index < -0.39 is 0 Å². The van der Waals surface area contributed by atoms with Crippen LogP contribution < -0.4 is 10.6 Å². The predicted octanol–water partition coefficient (Wildman–Crippen LogP) is 3.87. The maximum absolute atomic E-state index is 14.0. The molecule has 0 aliphatic carbocycles. The molecule has 1 unspecified atom stereocenters. The first-order chi connectivity index (χ1) is 17.9. The number of halogens is 1. The number of ether oxygens (including phenoxy) is 1. The minimum atomic E-state index is -0.137. The van der Waals surface area contributed by atoms with E-state index in [4.69, 9.17) is 25.9 Å². The Morgan fingerprint density at radius 1 is 1.32 bits per heavy atom. The maximum atomic E-state index is 14.0. The van der Waals surface area contributed by atoms with E-state index in [0.29, 0.717) is 46.1 Å². The Morgan fingerprint density at radius 3 is 2.78 bits per heavy atom. The fraction of sp³-hybridized carbons (Fsp3) is 0.407. The van der Waals surface area contributed by atoms with Crippen LogP contribution in [0.5, 0.6) is 0 Å². The highest BCUT2D eigenvalue weighted by atomic mass is 35.5. The van der Waals surface area contributed by atoms with E-state index in [1.54, 1.807) is 17.9 Å². The average Bonchev–Trinajstić information content (AvgIpc) is 3.57. The Balaban J connectivity index is 1.50. The molecule has 1 aromatic heterocycles. The standard InChI is InChI=1S/C27H31ClN6O3/c1-4-18-13-23(22-6-5-19(14-24(22)28)25-32-17(3)37-33-25)27(35)34(21-7-10-29-15-21)26(18)31-16(2)30-20-8-11-36-12-9-20/h4-6,13-14,20-21,29-30H,2,7-12,15H2,1,3H3/b18-4-,31-26+. The summed E-state index contributed by atoms with van der Waals surface area (Å²) in [5, 5.41) is 11.2. The third-order valence-electron chi connectivity index (χ3n) is 6.82. The first-order valence-electron chi connectivity index (χ1n) is 12.6. The molecule has 2 fully saturated rings. The number of nitrogens with one attached hydrogen (secondary N) is 2. The van der Waals surface area contributed by atoms with Crippen molar-refractivity contribution in [3.8, 4) is 11.4 Å². The average molecular weight is 523 g/mol. The van der Waals surface area contributed by atoms with Gasteiger partial charge in [0.15, 0.2) is 0 Å². The van der Waals surface area contributed by atoms with E-state index in [1.807, 2.05) is 31.2 Å². The SMILES string of the molecule is C=C(/N=C1\C(=C/C)C=C(c2ccc(-c3noc(C)n3)cc2Cl)C(=O)N1C1CCNC1)NC1CCOCC1. The highest BCUT2D eigenvalue weighted by molar-refractivity contribution is 6.37. The van der Waals surface area contributed by atoms with Gasteiger partial charge in [-0.3, -0.25) is 9.69 Å². The van der Waals surface area contributed by atoms with Gasteiger partial charge in [0.2, 0.25) is 11.7 Å². The topological polar surface area (TPSA) is 105 Å². The van der Waals surface area contributed by atoms with Crippen molar-refractivity contribution in [2.45, 2.75) is 45.2 Å².